The van der Waals surface area contributed by atoms with E-state index in [-0.39, 0.29) is 0 Å². The van der Waals surface area contributed by atoms with E-state index in [2.05, 4.69) is 0 Å². The Morgan fingerprint density at radius 1 is 1.45 bits per heavy atom. The van der Waals surface area contributed by atoms with Gasteiger partial charge in [-0.25, -0.2) is 0 Å². The minimum atomic E-state index is -3.60. The molecule has 0 N–H and O–H groups in total. The Labute approximate surface area is 81.4 Å². The number of rotatable bonds is 4. The van der Waals surface area contributed by atoms with Gasteiger partial charge in [0.05, 0.1) is 6.42 Å². The first kappa shape index (κ1) is 2.31. The molecule has 0 aromatic carbocycles. The largest absolute Gasteiger partial charge is 0.343 e. The van der Waals surface area contributed by atoms with Gasteiger partial charge in [0.2, 0.25) is 5.91 Å². The molecule has 0 rings (SSSR count). The third-order valence-corrected chi connectivity index (χ3v) is 0.873. The van der Waals surface area contributed by atoms with Crippen molar-refractivity contribution in [3.63, 3.8) is 0 Å². The summed E-state index contributed by atoms with van der Waals surface area (Å²) in [7, 11) is 0. The number of carbonyl (C=O) groups is 2. The molecule has 1 amide bonds. The van der Waals surface area contributed by atoms with Crippen LogP contribution in [0.3, 0.4) is 0 Å². The Morgan fingerprint density at radius 2 is 2.00 bits per heavy atom. The van der Waals surface area contributed by atoms with Crippen molar-refractivity contribution >= 4 is 11.7 Å². The average Bonchev–Trinajstić information content (AvgIpc) is 2.10. The normalized spacial score (nSPS) is 27.7. The Balaban J connectivity index is 6.06. The first-order valence-electron chi connectivity index (χ1n) is 7.79. The summed E-state index contributed by atoms with van der Waals surface area (Å²) in [4.78, 5) is 22.3. The smallest absolute Gasteiger partial charge is 0.229 e. The van der Waals surface area contributed by atoms with Crippen LogP contribution >= 0.6 is 0 Å². The molecule has 0 aliphatic carbocycles. The molecule has 0 heterocycles. The molecular weight excluding hydrogens is 142 g/mol. The van der Waals surface area contributed by atoms with Crippen molar-refractivity contribution in [1.82, 2.24) is 4.90 Å². The van der Waals surface area contributed by atoms with E-state index in [1.165, 1.54) is 0 Å². The van der Waals surface area contributed by atoms with Crippen molar-refractivity contribution in [2.75, 3.05) is 13.0 Å². The predicted molar refractivity (Wildman–Crippen MR) is 43.2 cm³/mol. The molecule has 64 valence electrons. The van der Waals surface area contributed by atoms with Gasteiger partial charge in [0, 0.05) is 26.7 Å². The highest BCUT2D eigenvalue weighted by molar-refractivity contribution is 5.96. The van der Waals surface area contributed by atoms with Crippen molar-refractivity contribution in [3.8, 4) is 0 Å². The third-order valence-electron chi connectivity index (χ3n) is 0.873. The van der Waals surface area contributed by atoms with Crippen LogP contribution in [0.25, 0.3) is 0 Å². The molecule has 0 unspecified atom stereocenters. The molecule has 0 fully saturated rings. The van der Waals surface area contributed by atoms with Crippen molar-refractivity contribution in [2.24, 2.45) is 0 Å². The molecular formula is C8H15NO2. The molecule has 0 saturated carbocycles. The lowest BCUT2D eigenvalue weighted by Crippen LogP contribution is -2.31. The van der Waals surface area contributed by atoms with Gasteiger partial charge in [-0.1, -0.05) is 0 Å². The standard InChI is InChI=1S/C8H15NO2/c1-4-9(5-2)8(11)6-7(3)10/h4-6H2,1-3H3/i1D3,2D3,4D2,5D2. The van der Waals surface area contributed by atoms with Crippen LogP contribution in [-0.2, 0) is 9.59 Å². The zero-order valence-corrected chi connectivity index (χ0v) is 5.97. The number of nitrogens with zero attached hydrogens (tertiary/aromatic N) is 1. The number of carbonyl (C=O) groups excluding carboxylic acids is 2. The molecule has 0 aliphatic heterocycles. The van der Waals surface area contributed by atoms with E-state index >= 15 is 0 Å². The second kappa shape index (κ2) is 4.88. The van der Waals surface area contributed by atoms with Gasteiger partial charge in [0.15, 0.2) is 0 Å². The van der Waals surface area contributed by atoms with Gasteiger partial charge < -0.3 is 4.90 Å². The lowest BCUT2D eigenvalue weighted by molar-refractivity contribution is -0.134. The zero-order chi connectivity index (χ0) is 17.4. The summed E-state index contributed by atoms with van der Waals surface area (Å²) in [6.45, 7) is -13.3. The Bertz CT molecular complexity index is 398. The number of amides is 1. The maximum Gasteiger partial charge on any atom is 0.229 e. The van der Waals surface area contributed by atoms with Crippen molar-refractivity contribution in [2.45, 2.75) is 27.0 Å². The van der Waals surface area contributed by atoms with Gasteiger partial charge in [-0.2, -0.15) is 0 Å². The summed E-state index contributed by atoms with van der Waals surface area (Å²) in [5, 5.41) is 0. The predicted octanol–water partition coefficient (Wildman–Crippen LogP) is 0.834. The SMILES string of the molecule is [2H]C([2H])([2H])C([2H])([2H])N(C(=O)CC(C)=O)C([2H])([2H])C([2H])([2H])[2H]. The molecule has 11 heavy (non-hydrogen) atoms. The Hall–Kier alpha value is -0.860. The molecule has 0 aromatic heterocycles. The van der Waals surface area contributed by atoms with Crippen LogP contribution in [0.2, 0.25) is 0 Å². The monoisotopic (exact) mass is 167 g/mol. The van der Waals surface area contributed by atoms with E-state index in [0.717, 1.165) is 6.92 Å². The van der Waals surface area contributed by atoms with Gasteiger partial charge in [-0.3, -0.25) is 9.59 Å². The van der Waals surface area contributed by atoms with Gasteiger partial charge in [0.1, 0.15) is 5.78 Å². The van der Waals surface area contributed by atoms with Crippen molar-refractivity contribution in [1.29, 1.82) is 0 Å². The number of Topliss-reactive ketones (excluding diaryl/α,β-unsaturated/α-hetero) is 1. The van der Waals surface area contributed by atoms with E-state index in [9.17, 15) is 9.59 Å². The van der Waals surface area contributed by atoms with Crippen molar-refractivity contribution < 1.29 is 23.3 Å². The van der Waals surface area contributed by atoms with Crippen LogP contribution < -0.4 is 0 Å². The first-order valence-corrected chi connectivity index (χ1v) is 2.79. The molecule has 3 heteroatoms. The summed E-state index contributed by atoms with van der Waals surface area (Å²) in [5.41, 5.74) is 0. The summed E-state index contributed by atoms with van der Waals surface area (Å²) >= 11 is 0. The van der Waals surface area contributed by atoms with Crippen LogP contribution in [0.1, 0.15) is 40.8 Å². The highest BCUT2D eigenvalue weighted by Crippen LogP contribution is 1.93. The molecule has 0 bridgehead atoms. The number of hydrogen-bond donors (Lipinski definition) is 0. The fourth-order valence-electron chi connectivity index (χ4n) is 0.445. The van der Waals surface area contributed by atoms with Crippen LogP contribution in [0.5, 0.6) is 0 Å². The van der Waals surface area contributed by atoms with Crippen LogP contribution in [0, 0.1) is 0 Å². The van der Waals surface area contributed by atoms with Crippen LogP contribution in [-0.4, -0.2) is 29.6 Å². The average molecular weight is 167 g/mol. The third kappa shape index (κ3) is 3.75. The minimum Gasteiger partial charge on any atom is -0.343 e. The lowest BCUT2D eigenvalue weighted by Gasteiger charge is -2.17. The van der Waals surface area contributed by atoms with Crippen LogP contribution in [0.4, 0.5) is 0 Å². The fourth-order valence-corrected chi connectivity index (χ4v) is 0.445. The number of hydrogen-bond acceptors (Lipinski definition) is 2. The van der Waals surface area contributed by atoms with E-state index in [0.29, 0.717) is 0 Å². The zero-order valence-electron chi connectivity index (χ0n) is 16.0. The molecule has 0 saturated heterocycles. The molecule has 3 nitrogen and oxygen atoms in total. The highest BCUT2D eigenvalue weighted by Gasteiger charge is 2.10. The van der Waals surface area contributed by atoms with Gasteiger partial charge in [-0.05, 0) is 20.6 Å². The maximum absolute atomic E-state index is 11.9. The quantitative estimate of drug-likeness (QED) is 0.582. The molecule has 0 radical (unpaired) electrons. The fraction of sp³-hybridized carbons (Fsp3) is 0.750. The summed E-state index contributed by atoms with van der Waals surface area (Å²) in [5.74, 6) is -2.34. The highest BCUT2D eigenvalue weighted by atomic mass is 16.2. The molecule has 0 spiro atoms. The van der Waals surface area contributed by atoms with Gasteiger partial charge in [-0.15, -0.1) is 0 Å². The van der Waals surface area contributed by atoms with Crippen LogP contribution in [0.15, 0.2) is 0 Å². The summed E-state index contributed by atoms with van der Waals surface area (Å²) in [6, 6.07) is 0. The van der Waals surface area contributed by atoms with E-state index < -0.39 is 49.7 Å². The second-order valence-electron chi connectivity index (χ2n) is 1.83. The van der Waals surface area contributed by atoms with Gasteiger partial charge in [0.25, 0.3) is 0 Å². The van der Waals surface area contributed by atoms with E-state index in [4.69, 9.17) is 13.7 Å². The number of ketones is 1. The van der Waals surface area contributed by atoms with E-state index in [1.54, 1.807) is 0 Å². The topological polar surface area (TPSA) is 37.4 Å². The Morgan fingerprint density at radius 3 is 2.36 bits per heavy atom. The second-order valence-corrected chi connectivity index (χ2v) is 1.83. The lowest BCUT2D eigenvalue weighted by atomic mass is 10.3. The molecule has 0 aromatic rings. The van der Waals surface area contributed by atoms with Crippen molar-refractivity contribution in [3.05, 3.63) is 0 Å². The minimum absolute atomic E-state index is 0.513. The van der Waals surface area contributed by atoms with E-state index in [1.807, 2.05) is 0 Å². The molecule has 0 atom stereocenters. The Kier molecular flexibility index (Phi) is 1.03. The van der Waals surface area contributed by atoms with Gasteiger partial charge >= 0.3 is 0 Å². The maximum atomic E-state index is 11.9. The first-order chi connectivity index (χ1) is 8.96. The summed E-state index contributed by atoms with van der Waals surface area (Å²) < 4.78 is 72.1. The molecule has 0 aliphatic rings. The summed E-state index contributed by atoms with van der Waals surface area (Å²) in [6.07, 6.45) is -1.01.